The molecular weight excluding hydrogens is 514 g/mol. The van der Waals surface area contributed by atoms with Crippen LogP contribution < -0.4 is 5.32 Å². The topological polar surface area (TPSA) is 119 Å². The summed E-state index contributed by atoms with van der Waals surface area (Å²) in [5.74, 6) is -0.891. The minimum absolute atomic E-state index is 0.0609. The molecule has 0 radical (unpaired) electrons. The number of halogens is 1. The number of ether oxygens (including phenoxy) is 1. The van der Waals surface area contributed by atoms with E-state index in [2.05, 4.69) is 21.2 Å². The number of amides is 2. The van der Waals surface area contributed by atoms with E-state index in [1.54, 1.807) is 0 Å². The van der Waals surface area contributed by atoms with Gasteiger partial charge in [-0.1, -0.05) is 46.3 Å². The van der Waals surface area contributed by atoms with Gasteiger partial charge in [0.25, 0.3) is 11.6 Å². The molecule has 1 fully saturated rings. The molecule has 11 heteroatoms. The van der Waals surface area contributed by atoms with Crippen molar-refractivity contribution in [1.82, 2.24) is 10.2 Å². The molecule has 0 spiro atoms. The highest BCUT2D eigenvalue weighted by atomic mass is 79.9. The molecule has 2 aromatic rings. The molecule has 0 bridgehead atoms. The zero-order valence-corrected chi connectivity index (χ0v) is 19.5. The first kappa shape index (κ1) is 23.0. The van der Waals surface area contributed by atoms with E-state index in [-0.39, 0.29) is 36.2 Å². The van der Waals surface area contributed by atoms with Gasteiger partial charge in [0.2, 0.25) is 5.91 Å². The number of carbonyl (C=O) groups excluding carboxylic acids is 3. The lowest BCUT2D eigenvalue weighted by molar-refractivity contribution is -0.384. The molecule has 2 amide bonds. The van der Waals surface area contributed by atoms with Gasteiger partial charge in [-0.3, -0.25) is 24.6 Å². The van der Waals surface area contributed by atoms with Crippen molar-refractivity contribution in [2.75, 3.05) is 5.75 Å². The number of rotatable bonds is 7. The molecule has 2 aromatic carbocycles. The van der Waals surface area contributed by atoms with E-state index < -0.39 is 22.3 Å². The lowest BCUT2D eigenvalue weighted by atomic mass is 10.0. The molecule has 2 atom stereocenters. The van der Waals surface area contributed by atoms with Crippen molar-refractivity contribution in [2.45, 2.75) is 24.4 Å². The Morgan fingerprint density at radius 2 is 1.85 bits per heavy atom. The smallest absolute Gasteiger partial charge is 0.356 e. The maximum atomic E-state index is 12.8. The highest BCUT2D eigenvalue weighted by Crippen LogP contribution is 2.42. The Balaban J connectivity index is 1.37. The maximum absolute atomic E-state index is 12.8. The van der Waals surface area contributed by atoms with Crippen molar-refractivity contribution in [3.8, 4) is 0 Å². The molecule has 2 aliphatic rings. The molecule has 4 rings (SSSR count). The fraction of sp³-hybridized carbons (Fsp3) is 0.227. The second kappa shape index (κ2) is 9.75. The fourth-order valence-corrected chi connectivity index (χ4v) is 5.45. The normalized spacial score (nSPS) is 19.4. The lowest BCUT2D eigenvalue weighted by Crippen LogP contribution is -2.70. The van der Waals surface area contributed by atoms with Crippen LogP contribution in [-0.4, -0.2) is 44.8 Å². The number of nitrogens with zero attached hydrogens (tertiary/aromatic N) is 2. The number of thioether (sulfide) groups is 1. The molecule has 170 valence electrons. The third-order valence-corrected chi connectivity index (χ3v) is 7.46. The van der Waals surface area contributed by atoms with E-state index in [1.165, 1.54) is 40.9 Å². The van der Waals surface area contributed by atoms with E-state index in [4.69, 9.17) is 4.74 Å². The monoisotopic (exact) mass is 531 g/mol. The molecule has 2 aliphatic heterocycles. The second-order valence-corrected chi connectivity index (χ2v) is 9.43. The van der Waals surface area contributed by atoms with Crippen LogP contribution in [0.5, 0.6) is 0 Å². The van der Waals surface area contributed by atoms with Gasteiger partial charge in [0.15, 0.2) is 0 Å². The molecular formula is C22H18BrN3O6S. The van der Waals surface area contributed by atoms with Crippen molar-refractivity contribution in [3.05, 3.63) is 86.0 Å². The number of non-ortho nitro benzene ring substituents is 1. The number of carbonyl (C=O) groups is 3. The Kier molecular flexibility index (Phi) is 6.80. The minimum atomic E-state index is -0.718. The third kappa shape index (κ3) is 4.93. The summed E-state index contributed by atoms with van der Waals surface area (Å²) in [5.41, 5.74) is 1.47. The molecule has 1 saturated heterocycles. The number of nitrogens with one attached hydrogen (secondary N) is 1. The first-order valence-corrected chi connectivity index (χ1v) is 11.8. The van der Waals surface area contributed by atoms with E-state index in [9.17, 15) is 24.5 Å². The summed E-state index contributed by atoms with van der Waals surface area (Å²) in [6.45, 7) is -0.0995. The quantitative estimate of drug-likeness (QED) is 0.252. The highest BCUT2D eigenvalue weighted by Gasteiger charge is 2.54. The van der Waals surface area contributed by atoms with Crippen LogP contribution in [0, 0.1) is 10.1 Å². The van der Waals surface area contributed by atoms with Crippen LogP contribution in [0.2, 0.25) is 0 Å². The van der Waals surface area contributed by atoms with Crippen molar-refractivity contribution in [3.63, 3.8) is 0 Å². The summed E-state index contributed by atoms with van der Waals surface area (Å²) in [4.78, 5) is 49.5. The SMILES string of the molecule is O=C(Cc1ccccc1)NC1C(=O)N2C(C(=O)OCc3ccc([N+](=O)[O-])cc3)=C(Br)CS[C@H]12. The van der Waals surface area contributed by atoms with E-state index >= 15 is 0 Å². The van der Waals surface area contributed by atoms with Crippen LogP contribution in [0.15, 0.2) is 64.8 Å². The standard InChI is InChI=1S/C22H18BrN3O6S/c23-16-12-33-21-18(24-17(27)10-13-4-2-1-3-5-13)20(28)25(21)19(16)22(29)32-11-14-6-8-15(9-7-14)26(30)31/h1-9,18,21H,10-12H2,(H,24,27)/t18?,21-/m1/s1. The average Bonchev–Trinajstić information content (AvgIpc) is 2.81. The van der Waals surface area contributed by atoms with Crippen LogP contribution in [0.4, 0.5) is 5.69 Å². The van der Waals surface area contributed by atoms with Gasteiger partial charge in [-0.25, -0.2) is 4.79 Å². The summed E-state index contributed by atoms with van der Waals surface area (Å²) in [7, 11) is 0. The van der Waals surface area contributed by atoms with Gasteiger partial charge in [0.1, 0.15) is 23.7 Å². The van der Waals surface area contributed by atoms with Gasteiger partial charge in [-0.15, -0.1) is 11.8 Å². The molecule has 2 heterocycles. The Morgan fingerprint density at radius 3 is 2.52 bits per heavy atom. The Morgan fingerprint density at radius 1 is 1.15 bits per heavy atom. The minimum Gasteiger partial charge on any atom is -0.456 e. The lowest BCUT2D eigenvalue weighted by Gasteiger charge is -2.49. The molecule has 1 unspecified atom stereocenters. The fourth-order valence-electron chi connectivity index (χ4n) is 3.51. The zero-order valence-electron chi connectivity index (χ0n) is 17.1. The molecule has 0 aliphatic carbocycles. The Labute approximate surface area is 201 Å². The number of hydrogen-bond acceptors (Lipinski definition) is 7. The number of β-lactam (4-membered cyclic amide) rings is 1. The van der Waals surface area contributed by atoms with Crippen molar-refractivity contribution >= 4 is 51.2 Å². The largest absolute Gasteiger partial charge is 0.456 e. The summed E-state index contributed by atoms with van der Waals surface area (Å²) in [6.07, 6.45) is 0.158. The number of hydrogen-bond donors (Lipinski definition) is 1. The van der Waals surface area contributed by atoms with E-state index in [1.807, 2.05) is 30.3 Å². The summed E-state index contributed by atoms with van der Waals surface area (Å²) in [6, 6.07) is 14.2. The van der Waals surface area contributed by atoms with E-state index in [0.29, 0.717) is 15.8 Å². The second-order valence-electron chi connectivity index (χ2n) is 7.37. The van der Waals surface area contributed by atoms with Gasteiger partial charge >= 0.3 is 5.97 Å². The number of nitro groups is 1. The first-order chi connectivity index (χ1) is 15.8. The van der Waals surface area contributed by atoms with Crippen LogP contribution in [-0.2, 0) is 32.1 Å². The third-order valence-electron chi connectivity index (χ3n) is 5.16. The molecule has 0 aromatic heterocycles. The predicted octanol–water partition coefficient (Wildman–Crippen LogP) is 2.89. The predicted molar refractivity (Wildman–Crippen MR) is 124 cm³/mol. The van der Waals surface area contributed by atoms with Crippen molar-refractivity contribution in [2.24, 2.45) is 0 Å². The van der Waals surface area contributed by atoms with Gasteiger partial charge in [-0.2, -0.15) is 0 Å². The Bertz CT molecular complexity index is 1140. The highest BCUT2D eigenvalue weighted by molar-refractivity contribution is 9.11. The average molecular weight is 532 g/mol. The number of nitro benzene ring substituents is 1. The van der Waals surface area contributed by atoms with Crippen molar-refractivity contribution in [1.29, 1.82) is 0 Å². The number of fused-ring (bicyclic) bond motifs is 1. The van der Waals surface area contributed by atoms with Gasteiger partial charge in [0.05, 0.1) is 11.3 Å². The van der Waals surface area contributed by atoms with Gasteiger partial charge in [0, 0.05) is 22.4 Å². The van der Waals surface area contributed by atoms with Gasteiger partial charge < -0.3 is 10.1 Å². The van der Waals surface area contributed by atoms with Crippen LogP contribution in [0.1, 0.15) is 11.1 Å². The molecule has 33 heavy (non-hydrogen) atoms. The zero-order chi connectivity index (χ0) is 23.5. The van der Waals surface area contributed by atoms with E-state index in [0.717, 1.165) is 5.56 Å². The van der Waals surface area contributed by atoms with Crippen LogP contribution in [0.3, 0.4) is 0 Å². The maximum Gasteiger partial charge on any atom is 0.356 e. The molecule has 9 nitrogen and oxygen atoms in total. The number of esters is 1. The number of benzene rings is 2. The summed E-state index contributed by atoms with van der Waals surface area (Å²) in [5, 5.41) is 13.1. The van der Waals surface area contributed by atoms with Gasteiger partial charge in [-0.05, 0) is 23.3 Å². The summed E-state index contributed by atoms with van der Waals surface area (Å²) < 4.78 is 5.88. The molecule has 0 saturated carbocycles. The Hall–Kier alpha value is -3.18. The van der Waals surface area contributed by atoms with Crippen molar-refractivity contribution < 1.29 is 24.0 Å². The first-order valence-electron chi connectivity index (χ1n) is 9.92. The summed E-state index contributed by atoms with van der Waals surface area (Å²) >= 11 is 4.79. The van der Waals surface area contributed by atoms with Crippen LogP contribution in [0.25, 0.3) is 0 Å². The molecule has 1 N–H and O–H groups in total. The van der Waals surface area contributed by atoms with Crippen LogP contribution >= 0.6 is 27.7 Å².